The van der Waals surface area contributed by atoms with Gasteiger partial charge in [-0.25, -0.2) is 4.39 Å². The molecule has 0 aliphatic rings. The third kappa shape index (κ3) is 3.90. The van der Waals surface area contributed by atoms with Crippen molar-refractivity contribution in [3.8, 4) is 0 Å². The predicted molar refractivity (Wildman–Crippen MR) is 95.5 cm³/mol. The first-order chi connectivity index (χ1) is 12.0. The average molecular weight is 379 g/mol. The van der Waals surface area contributed by atoms with Crippen LogP contribution in [-0.4, -0.2) is 22.5 Å². The van der Waals surface area contributed by atoms with Crippen molar-refractivity contribution in [2.45, 2.75) is 6.10 Å². The molecule has 7 heteroatoms. The first-order valence-corrected chi connectivity index (χ1v) is 8.17. The van der Waals surface area contributed by atoms with E-state index in [1.807, 2.05) is 0 Å². The van der Waals surface area contributed by atoms with Gasteiger partial charge in [-0.3, -0.25) is 9.78 Å². The summed E-state index contributed by atoms with van der Waals surface area (Å²) in [5.74, 6) is -1.07. The van der Waals surface area contributed by atoms with Crippen LogP contribution in [0.3, 0.4) is 0 Å². The topological polar surface area (TPSA) is 62.2 Å². The number of fused-ring (bicyclic) bond motifs is 1. The molecular weight excluding hydrogens is 366 g/mol. The maximum Gasteiger partial charge on any atom is 0.253 e. The van der Waals surface area contributed by atoms with E-state index in [1.165, 1.54) is 18.3 Å². The minimum atomic E-state index is -1.03. The van der Waals surface area contributed by atoms with Crippen LogP contribution in [0.2, 0.25) is 10.0 Å². The average Bonchev–Trinajstić information content (AvgIpc) is 2.58. The lowest BCUT2D eigenvalue weighted by Gasteiger charge is -2.14. The summed E-state index contributed by atoms with van der Waals surface area (Å²) in [6.07, 6.45) is 0.501. The Morgan fingerprint density at radius 3 is 2.80 bits per heavy atom. The second-order valence-corrected chi connectivity index (χ2v) is 6.26. The summed E-state index contributed by atoms with van der Waals surface area (Å²) in [6.45, 7) is -0.0922. The molecule has 1 heterocycles. The molecular formula is C18H13Cl2FN2O2. The van der Waals surface area contributed by atoms with Crippen molar-refractivity contribution in [1.82, 2.24) is 10.3 Å². The quantitative estimate of drug-likeness (QED) is 0.716. The van der Waals surface area contributed by atoms with Crippen LogP contribution in [-0.2, 0) is 0 Å². The largest absolute Gasteiger partial charge is 0.387 e. The highest BCUT2D eigenvalue weighted by molar-refractivity contribution is 6.35. The van der Waals surface area contributed by atoms with Gasteiger partial charge >= 0.3 is 0 Å². The number of aliphatic hydroxyl groups excluding tert-OH is 1. The number of carbonyl (C=O) groups is 1. The highest BCUT2D eigenvalue weighted by Crippen LogP contribution is 2.26. The number of halogens is 3. The molecule has 2 N–H and O–H groups in total. The molecule has 3 aromatic rings. The molecule has 1 aromatic heterocycles. The molecule has 128 valence electrons. The van der Waals surface area contributed by atoms with E-state index in [2.05, 4.69) is 10.3 Å². The first-order valence-electron chi connectivity index (χ1n) is 7.41. The standard InChI is InChI=1S/C18H13Cl2FN2O2/c19-11-3-4-13(15(20)7-11)16(24)9-23-18(25)14-8-12(21)6-10-2-1-5-22-17(10)14/h1-8,16,24H,9H2,(H,23,25). The number of aromatic nitrogens is 1. The molecule has 0 radical (unpaired) electrons. The van der Waals surface area contributed by atoms with Crippen LogP contribution in [0.1, 0.15) is 22.0 Å². The molecule has 0 bridgehead atoms. The van der Waals surface area contributed by atoms with E-state index in [1.54, 1.807) is 24.3 Å². The van der Waals surface area contributed by atoms with Crippen molar-refractivity contribution < 1.29 is 14.3 Å². The van der Waals surface area contributed by atoms with E-state index in [9.17, 15) is 14.3 Å². The first kappa shape index (κ1) is 17.6. The zero-order valence-corrected chi connectivity index (χ0v) is 14.4. The maximum absolute atomic E-state index is 13.7. The zero-order valence-electron chi connectivity index (χ0n) is 12.8. The fourth-order valence-corrected chi connectivity index (χ4v) is 3.03. The molecule has 3 rings (SSSR count). The number of pyridine rings is 1. The molecule has 1 unspecified atom stereocenters. The van der Waals surface area contributed by atoms with Crippen LogP contribution in [0.15, 0.2) is 48.7 Å². The fraction of sp³-hybridized carbons (Fsp3) is 0.111. The Bertz CT molecular complexity index is 950. The van der Waals surface area contributed by atoms with Crippen molar-refractivity contribution in [3.63, 3.8) is 0 Å². The number of hydrogen-bond donors (Lipinski definition) is 2. The van der Waals surface area contributed by atoms with Crippen LogP contribution in [0.4, 0.5) is 4.39 Å². The monoisotopic (exact) mass is 378 g/mol. The zero-order chi connectivity index (χ0) is 18.0. The number of aliphatic hydroxyl groups is 1. The normalized spacial score (nSPS) is 12.2. The number of nitrogens with zero attached hydrogens (tertiary/aromatic N) is 1. The Morgan fingerprint density at radius 2 is 2.04 bits per heavy atom. The third-order valence-corrected chi connectivity index (χ3v) is 4.25. The van der Waals surface area contributed by atoms with Gasteiger partial charge in [-0.2, -0.15) is 0 Å². The van der Waals surface area contributed by atoms with Gasteiger partial charge in [-0.15, -0.1) is 0 Å². The van der Waals surface area contributed by atoms with Gasteiger partial charge in [0.05, 0.1) is 17.2 Å². The van der Waals surface area contributed by atoms with Crippen LogP contribution in [0, 0.1) is 5.82 Å². The van der Waals surface area contributed by atoms with E-state index in [0.717, 1.165) is 6.07 Å². The van der Waals surface area contributed by atoms with Gasteiger partial charge in [0.1, 0.15) is 5.82 Å². The molecule has 25 heavy (non-hydrogen) atoms. The lowest BCUT2D eigenvalue weighted by Crippen LogP contribution is -2.28. The third-order valence-electron chi connectivity index (χ3n) is 3.69. The minimum Gasteiger partial charge on any atom is -0.387 e. The Kier molecular flexibility index (Phi) is 5.18. The molecule has 0 saturated heterocycles. The van der Waals surface area contributed by atoms with Crippen molar-refractivity contribution in [1.29, 1.82) is 0 Å². The number of nitrogens with one attached hydrogen (secondary N) is 1. The van der Waals surface area contributed by atoms with E-state index in [-0.39, 0.29) is 12.1 Å². The second-order valence-electron chi connectivity index (χ2n) is 5.42. The molecule has 1 amide bonds. The predicted octanol–water partition coefficient (Wildman–Crippen LogP) is 4.14. The van der Waals surface area contributed by atoms with Crippen LogP contribution in [0.25, 0.3) is 10.9 Å². The fourth-order valence-electron chi connectivity index (χ4n) is 2.50. The molecule has 0 fully saturated rings. The van der Waals surface area contributed by atoms with Gasteiger partial charge in [0, 0.05) is 33.7 Å². The Morgan fingerprint density at radius 1 is 1.24 bits per heavy atom. The van der Waals surface area contributed by atoms with E-state index < -0.39 is 17.8 Å². The van der Waals surface area contributed by atoms with Crippen LogP contribution >= 0.6 is 23.2 Å². The van der Waals surface area contributed by atoms with Crippen molar-refractivity contribution >= 4 is 40.0 Å². The Hall–Kier alpha value is -2.21. The highest BCUT2D eigenvalue weighted by Gasteiger charge is 2.17. The summed E-state index contributed by atoms with van der Waals surface area (Å²) in [7, 11) is 0. The minimum absolute atomic E-state index is 0.0922. The van der Waals surface area contributed by atoms with E-state index in [4.69, 9.17) is 23.2 Å². The number of amides is 1. The van der Waals surface area contributed by atoms with E-state index >= 15 is 0 Å². The highest BCUT2D eigenvalue weighted by atomic mass is 35.5. The number of benzene rings is 2. The summed E-state index contributed by atoms with van der Waals surface area (Å²) >= 11 is 11.9. The Balaban J connectivity index is 1.79. The van der Waals surface area contributed by atoms with Crippen molar-refractivity contribution in [2.24, 2.45) is 0 Å². The maximum atomic E-state index is 13.7. The van der Waals surface area contributed by atoms with Crippen LogP contribution in [0.5, 0.6) is 0 Å². The SMILES string of the molecule is O=C(NCC(O)c1ccc(Cl)cc1Cl)c1cc(F)cc2cccnc12. The van der Waals surface area contributed by atoms with Gasteiger partial charge < -0.3 is 10.4 Å². The molecule has 0 aliphatic carbocycles. The van der Waals surface area contributed by atoms with Crippen molar-refractivity contribution in [2.75, 3.05) is 6.54 Å². The number of rotatable bonds is 4. The molecule has 0 saturated carbocycles. The van der Waals surface area contributed by atoms with Gasteiger partial charge in [0.2, 0.25) is 0 Å². The number of carbonyl (C=O) groups excluding carboxylic acids is 1. The van der Waals surface area contributed by atoms with Gasteiger partial charge in [0.25, 0.3) is 5.91 Å². The van der Waals surface area contributed by atoms with Gasteiger partial charge in [-0.05, 0) is 30.3 Å². The lowest BCUT2D eigenvalue weighted by molar-refractivity contribution is 0.0917. The van der Waals surface area contributed by atoms with Crippen molar-refractivity contribution in [3.05, 3.63) is 75.7 Å². The molecule has 2 aromatic carbocycles. The molecule has 1 atom stereocenters. The molecule has 0 aliphatic heterocycles. The van der Waals surface area contributed by atoms with Gasteiger partial charge in [-0.1, -0.05) is 35.3 Å². The van der Waals surface area contributed by atoms with Crippen LogP contribution < -0.4 is 5.32 Å². The molecule has 0 spiro atoms. The summed E-state index contributed by atoms with van der Waals surface area (Å²) in [6, 6.07) is 10.4. The summed E-state index contributed by atoms with van der Waals surface area (Å²) < 4.78 is 13.7. The van der Waals surface area contributed by atoms with E-state index in [0.29, 0.717) is 26.5 Å². The summed E-state index contributed by atoms with van der Waals surface area (Å²) in [5, 5.41) is 14.1. The summed E-state index contributed by atoms with van der Waals surface area (Å²) in [4.78, 5) is 16.5. The smallest absolute Gasteiger partial charge is 0.253 e. The lowest BCUT2D eigenvalue weighted by atomic mass is 10.1. The number of hydrogen-bond acceptors (Lipinski definition) is 3. The van der Waals surface area contributed by atoms with Gasteiger partial charge in [0.15, 0.2) is 0 Å². The summed E-state index contributed by atoms with van der Waals surface area (Å²) in [5.41, 5.74) is 0.930. The Labute approximate surface area is 153 Å². The second kappa shape index (κ2) is 7.35. The molecule has 4 nitrogen and oxygen atoms in total.